The molecule has 10 heteroatoms. The molecule has 96 valence electrons. The fourth-order valence-corrected chi connectivity index (χ4v) is 0.213. The first kappa shape index (κ1) is 16.9. The highest BCUT2D eigenvalue weighted by Gasteiger charge is 2.40. The quantitative estimate of drug-likeness (QED) is 0.573. The van der Waals surface area contributed by atoms with Gasteiger partial charge in [0.1, 0.15) is 0 Å². The van der Waals surface area contributed by atoms with Gasteiger partial charge in [0, 0.05) is 0 Å². The first-order chi connectivity index (χ1) is 6.92. The summed E-state index contributed by atoms with van der Waals surface area (Å²) in [6.07, 6.45) is -9.93. The maximum Gasteiger partial charge on any atom is 0.490 e. The smallest absolute Gasteiger partial charge is 0.475 e. The van der Waals surface area contributed by atoms with E-state index in [9.17, 15) is 31.1 Å². The van der Waals surface area contributed by atoms with Crippen molar-refractivity contribution in [3.63, 3.8) is 0 Å². The molecule has 0 bridgehead atoms. The first-order valence-corrected chi connectivity index (χ1v) is 3.47. The van der Waals surface area contributed by atoms with Crippen molar-refractivity contribution in [1.29, 1.82) is 0 Å². The SMILES string of the molecule is CCOC(=O)C(F)(F)F.O=C(O)C(F)(F)F. The lowest BCUT2D eigenvalue weighted by molar-refractivity contribution is -0.199. The number of esters is 1. The zero-order valence-electron chi connectivity index (χ0n) is 7.65. The molecule has 0 spiro atoms. The average Bonchev–Trinajstić information content (AvgIpc) is 2.02. The Morgan fingerprint density at radius 3 is 1.44 bits per heavy atom. The van der Waals surface area contributed by atoms with Crippen molar-refractivity contribution in [2.45, 2.75) is 19.3 Å². The van der Waals surface area contributed by atoms with Crippen LogP contribution < -0.4 is 0 Å². The van der Waals surface area contributed by atoms with E-state index in [0.29, 0.717) is 0 Å². The Bertz CT molecular complexity index is 242. The van der Waals surface area contributed by atoms with Crippen molar-refractivity contribution in [2.24, 2.45) is 0 Å². The molecule has 0 amide bonds. The third kappa shape index (κ3) is 9.09. The number of carbonyl (C=O) groups excluding carboxylic acids is 1. The molecule has 0 saturated carbocycles. The van der Waals surface area contributed by atoms with Gasteiger partial charge < -0.3 is 9.84 Å². The summed E-state index contributed by atoms with van der Waals surface area (Å²) < 4.78 is 68.9. The fourth-order valence-electron chi connectivity index (χ4n) is 0.213. The molecule has 0 aliphatic rings. The molecular weight excluding hydrogens is 250 g/mol. The Morgan fingerprint density at radius 2 is 1.38 bits per heavy atom. The molecule has 1 N–H and O–H groups in total. The number of carboxylic acids is 1. The number of hydrogen-bond donors (Lipinski definition) is 1. The average molecular weight is 256 g/mol. The molecule has 0 atom stereocenters. The van der Waals surface area contributed by atoms with E-state index < -0.39 is 24.3 Å². The summed E-state index contributed by atoms with van der Waals surface area (Å²) >= 11 is 0. The second kappa shape index (κ2) is 6.18. The van der Waals surface area contributed by atoms with Gasteiger partial charge in [0.05, 0.1) is 6.61 Å². The molecule has 0 aromatic rings. The van der Waals surface area contributed by atoms with Gasteiger partial charge in [0.15, 0.2) is 0 Å². The minimum atomic E-state index is -5.08. The number of rotatable bonds is 1. The van der Waals surface area contributed by atoms with Gasteiger partial charge in [-0.05, 0) is 6.92 Å². The molecule has 0 heterocycles. The van der Waals surface area contributed by atoms with E-state index in [4.69, 9.17) is 9.90 Å². The second-order valence-corrected chi connectivity index (χ2v) is 2.02. The lowest BCUT2D eigenvalue weighted by Crippen LogP contribution is -2.25. The molecule has 0 aliphatic heterocycles. The van der Waals surface area contributed by atoms with Gasteiger partial charge in [-0.1, -0.05) is 0 Å². The van der Waals surface area contributed by atoms with Crippen LogP contribution in [0, 0.1) is 0 Å². The standard InChI is InChI=1S/C4H5F3O2.C2HF3O2/c1-2-9-3(8)4(5,6)7;3-2(4,5)1(6)7/h2H2,1H3;(H,6,7). The molecular formula is C6H6F6O4. The van der Waals surface area contributed by atoms with Crippen molar-refractivity contribution in [1.82, 2.24) is 0 Å². The molecule has 0 rings (SSSR count). The van der Waals surface area contributed by atoms with Crippen LogP contribution in [0.15, 0.2) is 0 Å². The van der Waals surface area contributed by atoms with E-state index in [-0.39, 0.29) is 6.61 Å². The second-order valence-electron chi connectivity index (χ2n) is 2.02. The van der Waals surface area contributed by atoms with Crippen LogP contribution in [0.4, 0.5) is 26.3 Å². The summed E-state index contributed by atoms with van der Waals surface area (Å²) in [6, 6.07) is 0. The topological polar surface area (TPSA) is 63.6 Å². The van der Waals surface area contributed by atoms with Crippen molar-refractivity contribution in [3.8, 4) is 0 Å². The normalized spacial score (nSPS) is 11.2. The van der Waals surface area contributed by atoms with Crippen LogP contribution in [0.25, 0.3) is 0 Å². The van der Waals surface area contributed by atoms with Gasteiger partial charge in [-0.2, -0.15) is 26.3 Å². The van der Waals surface area contributed by atoms with E-state index in [1.54, 1.807) is 0 Å². The lowest BCUT2D eigenvalue weighted by atomic mass is 10.7. The van der Waals surface area contributed by atoms with Gasteiger partial charge in [-0.25, -0.2) is 9.59 Å². The molecule has 0 unspecified atom stereocenters. The largest absolute Gasteiger partial charge is 0.490 e. The minimum absolute atomic E-state index is 0.252. The molecule has 0 radical (unpaired) electrons. The number of aliphatic carboxylic acids is 1. The Morgan fingerprint density at radius 1 is 1.06 bits per heavy atom. The Balaban J connectivity index is 0. The number of alkyl halides is 6. The third-order valence-corrected chi connectivity index (χ3v) is 0.749. The number of ether oxygens (including phenoxy) is 1. The van der Waals surface area contributed by atoms with Crippen LogP contribution in [-0.2, 0) is 14.3 Å². The summed E-state index contributed by atoms with van der Waals surface area (Å²) in [4.78, 5) is 18.6. The Labute approximate surface area is 84.8 Å². The summed E-state index contributed by atoms with van der Waals surface area (Å²) in [5.41, 5.74) is 0. The third-order valence-electron chi connectivity index (χ3n) is 0.749. The lowest BCUT2D eigenvalue weighted by Gasteiger charge is -2.02. The molecule has 0 aromatic heterocycles. The molecule has 0 saturated heterocycles. The first-order valence-electron chi connectivity index (χ1n) is 3.47. The number of carboxylic acid groups (broad SMARTS) is 1. The van der Waals surface area contributed by atoms with Crippen LogP contribution in [0.1, 0.15) is 6.92 Å². The monoisotopic (exact) mass is 256 g/mol. The summed E-state index contributed by atoms with van der Waals surface area (Å²) in [7, 11) is 0. The van der Waals surface area contributed by atoms with Crippen LogP contribution in [0.2, 0.25) is 0 Å². The van der Waals surface area contributed by atoms with E-state index in [0.717, 1.165) is 0 Å². The fraction of sp³-hybridized carbons (Fsp3) is 0.667. The number of carbonyl (C=O) groups is 2. The predicted octanol–water partition coefficient (Wildman–Crippen LogP) is 1.75. The molecule has 4 nitrogen and oxygen atoms in total. The summed E-state index contributed by atoms with van der Waals surface area (Å²) in [5.74, 6) is -4.89. The van der Waals surface area contributed by atoms with Crippen LogP contribution in [0.3, 0.4) is 0 Å². The van der Waals surface area contributed by atoms with Crippen LogP contribution in [-0.4, -0.2) is 36.0 Å². The van der Waals surface area contributed by atoms with Crippen LogP contribution in [0.5, 0.6) is 0 Å². The highest BCUT2D eigenvalue weighted by atomic mass is 19.4. The van der Waals surface area contributed by atoms with Crippen LogP contribution >= 0.6 is 0 Å². The van der Waals surface area contributed by atoms with Crippen molar-refractivity contribution >= 4 is 11.9 Å². The number of hydrogen-bond acceptors (Lipinski definition) is 3. The van der Waals surface area contributed by atoms with E-state index in [1.165, 1.54) is 6.92 Å². The van der Waals surface area contributed by atoms with E-state index >= 15 is 0 Å². The molecule has 16 heavy (non-hydrogen) atoms. The van der Waals surface area contributed by atoms with E-state index in [2.05, 4.69) is 4.74 Å². The van der Waals surface area contributed by atoms with Gasteiger partial charge in [0.25, 0.3) is 0 Å². The van der Waals surface area contributed by atoms with Gasteiger partial charge in [-0.3, -0.25) is 0 Å². The summed E-state index contributed by atoms with van der Waals surface area (Å²) in [6.45, 7) is 1.06. The van der Waals surface area contributed by atoms with E-state index in [1.807, 2.05) is 0 Å². The van der Waals surface area contributed by atoms with Gasteiger partial charge in [-0.15, -0.1) is 0 Å². The minimum Gasteiger partial charge on any atom is -0.475 e. The maximum atomic E-state index is 11.2. The van der Waals surface area contributed by atoms with Crippen molar-refractivity contribution in [3.05, 3.63) is 0 Å². The van der Waals surface area contributed by atoms with Gasteiger partial charge in [0.2, 0.25) is 0 Å². The Hall–Kier alpha value is -1.48. The highest BCUT2D eigenvalue weighted by molar-refractivity contribution is 5.75. The zero-order valence-corrected chi connectivity index (χ0v) is 7.65. The van der Waals surface area contributed by atoms with Crippen molar-refractivity contribution in [2.75, 3.05) is 6.61 Å². The Kier molecular flexibility index (Phi) is 6.54. The number of halogens is 6. The predicted molar refractivity (Wildman–Crippen MR) is 36.4 cm³/mol. The molecule has 0 aromatic carbocycles. The summed E-state index contributed by atoms with van der Waals surface area (Å²) in [5, 5.41) is 7.12. The maximum absolute atomic E-state index is 11.2. The molecule has 0 aliphatic carbocycles. The highest BCUT2D eigenvalue weighted by Crippen LogP contribution is 2.15. The van der Waals surface area contributed by atoms with Crippen molar-refractivity contribution < 1.29 is 45.8 Å². The zero-order chi connectivity index (χ0) is 13.6. The van der Waals surface area contributed by atoms with Gasteiger partial charge >= 0.3 is 24.3 Å². The molecule has 0 fully saturated rings.